The maximum atomic E-state index is 13.4. The molecule has 0 radical (unpaired) electrons. The van der Waals surface area contributed by atoms with Crippen molar-refractivity contribution in [1.29, 1.82) is 5.26 Å². The number of benzene rings is 3. The van der Waals surface area contributed by atoms with Crippen LogP contribution in [-0.2, 0) is 9.59 Å². The number of para-hydroxylation sites is 1. The van der Waals surface area contributed by atoms with Gasteiger partial charge in [0.2, 0.25) is 5.91 Å². The first-order valence-electron chi connectivity index (χ1n) is 11.2. The zero-order valence-corrected chi connectivity index (χ0v) is 21.0. The summed E-state index contributed by atoms with van der Waals surface area (Å²) in [6.45, 7) is 1.80. The average Bonchev–Trinajstić information content (AvgIpc) is 2.88. The Morgan fingerprint density at radius 1 is 0.972 bits per heavy atom. The summed E-state index contributed by atoms with van der Waals surface area (Å²) in [6, 6.07) is 27.8. The lowest BCUT2D eigenvalue weighted by Crippen LogP contribution is -2.31. The lowest BCUT2D eigenvalue weighted by Gasteiger charge is -2.29. The normalized spacial score (nSPS) is 15.1. The standard InChI is InChI=1S/C28H23ClN4O2S/c1-18-25(27(35)33-21-12-6-3-7-13-21)26(19-9-4-2-5-10-19)23(16-30)28(31-18)36-17-24(34)32-22-14-8-11-20(29)15-22/h2-15,26,31H,17H2,1H3,(H,32,34)(H,33,35)/t26-/m1/s1. The summed E-state index contributed by atoms with van der Waals surface area (Å²) in [4.78, 5) is 26.0. The van der Waals surface area contributed by atoms with Gasteiger partial charge >= 0.3 is 0 Å². The summed E-state index contributed by atoms with van der Waals surface area (Å²) in [5, 5.41) is 20.2. The van der Waals surface area contributed by atoms with Crippen LogP contribution in [-0.4, -0.2) is 17.6 Å². The van der Waals surface area contributed by atoms with E-state index < -0.39 is 5.92 Å². The van der Waals surface area contributed by atoms with E-state index in [0.717, 1.165) is 5.56 Å². The van der Waals surface area contributed by atoms with Gasteiger partial charge in [-0.3, -0.25) is 9.59 Å². The van der Waals surface area contributed by atoms with Crippen LogP contribution in [0.3, 0.4) is 0 Å². The van der Waals surface area contributed by atoms with Gasteiger partial charge in [-0.25, -0.2) is 0 Å². The molecule has 8 heteroatoms. The fraction of sp³-hybridized carbons (Fsp3) is 0.107. The van der Waals surface area contributed by atoms with E-state index in [2.05, 4.69) is 22.0 Å². The third-order valence-electron chi connectivity index (χ3n) is 5.51. The number of halogens is 1. The molecule has 6 nitrogen and oxygen atoms in total. The Morgan fingerprint density at radius 2 is 1.64 bits per heavy atom. The molecule has 0 spiro atoms. The fourth-order valence-electron chi connectivity index (χ4n) is 3.93. The predicted octanol–water partition coefficient (Wildman–Crippen LogP) is 6.05. The van der Waals surface area contributed by atoms with Crippen molar-refractivity contribution in [1.82, 2.24) is 5.32 Å². The van der Waals surface area contributed by atoms with Gasteiger partial charge < -0.3 is 16.0 Å². The van der Waals surface area contributed by atoms with Crippen molar-refractivity contribution >= 4 is 46.6 Å². The van der Waals surface area contributed by atoms with E-state index in [4.69, 9.17) is 11.6 Å². The first-order valence-corrected chi connectivity index (χ1v) is 12.5. The summed E-state index contributed by atoms with van der Waals surface area (Å²) in [7, 11) is 0. The van der Waals surface area contributed by atoms with Crippen molar-refractivity contribution in [2.75, 3.05) is 16.4 Å². The summed E-state index contributed by atoms with van der Waals surface area (Å²) in [5.41, 5.74) is 3.52. The van der Waals surface area contributed by atoms with Gasteiger partial charge in [-0.2, -0.15) is 5.26 Å². The van der Waals surface area contributed by atoms with Gasteiger partial charge in [-0.05, 0) is 42.8 Å². The molecule has 0 fully saturated rings. The van der Waals surface area contributed by atoms with Crippen LogP contribution in [0.5, 0.6) is 0 Å². The topological polar surface area (TPSA) is 94.0 Å². The molecule has 180 valence electrons. The Morgan fingerprint density at radius 3 is 2.31 bits per heavy atom. The summed E-state index contributed by atoms with van der Waals surface area (Å²) >= 11 is 7.21. The van der Waals surface area contributed by atoms with E-state index >= 15 is 0 Å². The monoisotopic (exact) mass is 514 g/mol. The minimum Gasteiger partial charge on any atom is -0.353 e. The van der Waals surface area contributed by atoms with E-state index in [9.17, 15) is 14.9 Å². The summed E-state index contributed by atoms with van der Waals surface area (Å²) < 4.78 is 0. The van der Waals surface area contributed by atoms with E-state index in [1.807, 2.05) is 60.7 Å². The second kappa shape index (κ2) is 11.6. The van der Waals surface area contributed by atoms with Gasteiger partial charge in [-0.15, -0.1) is 0 Å². The highest BCUT2D eigenvalue weighted by Crippen LogP contribution is 2.40. The molecule has 0 bridgehead atoms. The Bertz CT molecular complexity index is 1380. The first-order chi connectivity index (χ1) is 17.5. The Hall–Kier alpha value is -3.99. The molecule has 0 saturated heterocycles. The quantitative estimate of drug-likeness (QED) is 0.357. The molecule has 0 saturated carbocycles. The van der Waals surface area contributed by atoms with Gasteiger partial charge in [0.1, 0.15) is 0 Å². The number of rotatable bonds is 7. The molecule has 0 unspecified atom stereocenters. The molecule has 3 aromatic carbocycles. The molecular formula is C28H23ClN4O2S. The average molecular weight is 515 g/mol. The van der Waals surface area contributed by atoms with Crippen molar-refractivity contribution < 1.29 is 9.59 Å². The van der Waals surface area contributed by atoms with Gasteiger partial charge in [0.15, 0.2) is 0 Å². The zero-order valence-electron chi connectivity index (χ0n) is 19.4. The Balaban J connectivity index is 1.60. The number of hydrogen-bond donors (Lipinski definition) is 3. The van der Waals surface area contributed by atoms with E-state index in [1.165, 1.54) is 11.8 Å². The van der Waals surface area contributed by atoms with Crippen molar-refractivity contribution in [3.63, 3.8) is 0 Å². The third kappa shape index (κ3) is 5.98. The minimum absolute atomic E-state index is 0.0698. The SMILES string of the molecule is CC1=C(C(=O)Nc2ccccc2)[C@H](c2ccccc2)C(C#N)=C(SCC(=O)Nc2cccc(Cl)c2)N1. The maximum absolute atomic E-state index is 13.4. The van der Waals surface area contributed by atoms with Crippen LogP contribution < -0.4 is 16.0 Å². The number of nitriles is 1. The van der Waals surface area contributed by atoms with Crippen molar-refractivity contribution in [2.24, 2.45) is 0 Å². The lowest BCUT2D eigenvalue weighted by atomic mass is 9.82. The number of anilines is 2. The fourth-order valence-corrected chi connectivity index (χ4v) is 5.01. The number of amides is 2. The number of dihydropyridines is 1. The van der Waals surface area contributed by atoms with Gasteiger partial charge in [0, 0.05) is 27.7 Å². The van der Waals surface area contributed by atoms with E-state index in [-0.39, 0.29) is 17.6 Å². The largest absolute Gasteiger partial charge is 0.353 e. The molecule has 0 aromatic heterocycles. The highest BCUT2D eigenvalue weighted by molar-refractivity contribution is 8.03. The molecule has 0 aliphatic carbocycles. The van der Waals surface area contributed by atoms with Crippen LogP contribution in [0.2, 0.25) is 5.02 Å². The Labute approximate surface area is 219 Å². The highest BCUT2D eigenvalue weighted by atomic mass is 35.5. The van der Waals surface area contributed by atoms with Gasteiger partial charge in [-0.1, -0.05) is 78.0 Å². The second-order valence-corrected chi connectivity index (χ2v) is 9.45. The third-order valence-corrected chi connectivity index (χ3v) is 6.76. The zero-order chi connectivity index (χ0) is 25.5. The van der Waals surface area contributed by atoms with E-state index in [1.54, 1.807) is 31.2 Å². The maximum Gasteiger partial charge on any atom is 0.254 e. The molecule has 1 atom stereocenters. The Kier molecular flexibility index (Phi) is 8.11. The molecule has 3 N–H and O–H groups in total. The number of carbonyl (C=O) groups is 2. The van der Waals surface area contributed by atoms with Crippen molar-refractivity contribution in [2.45, 2.75) is 12.8 Å². The van der Waals surface area contributed by atoms with Gasteiger partial charge in [0.05, 0.1) is 28.3 Å². The second-order valence-electron chi connectivity index (χ2n) is 8.03. The predicted molar refractivity (Wildman–Crippen MR) is 145 cm³/mol. The number of hydrogen-bond acceptors (Lipinski definition) is 5. The van der Waals surface area contributed by atoms with Crippen LogP contribution in [0.25, 0.3) is 0 Å². The number of allylic oxidation sites excluding steroid dienone is 2. The van der Waals surface area contributed by atoms with Crippen LogP contribution in [0.4, 0.5) is 11.4 Å². The van der Waals surface area contributed by atoms with Crippen LogP contribution >= 0.6 is 23.4 Å². The summed E-state index contributed by atoms with van der Waals surface area (Å²) in [6.07, 6.45) is 0. The molecule has 36 heavy (non-hydrogen) atoms. The van der Waals surface area contributed by atoms with E-state index in [0.29, 0.717) is 38.3 Å². The van der Waals surface area contributed by atoms with Crippen LogP contribution in [0.1, 0.15) is 18.4 Å². The van der Waals surface area contributed by atoms with Crippen LogP contribution in [0.15, 0.2) is 107 Å². The minimum atomic E-state index is -0.584. The molecule has 3 aromatic rings. The molecule has 1 heterocycles. The number of thioether (sulfide) groups is 1. The molecule has 2 amide bonds. The lowest BCUT2D eigenvalue weighted by molar-refractivity contribution is -0.114. The van der Waals surface area contributed by atoms with Gasteiger partial charge in [0.25, 0.3) is 5.91 Å². The highest BCUT2D eigenvalue weighted by Gasteiger charge is 2.34. The van der Waals surface area contributed by atoms with Crippen molar-refractivity contribution in [3.8, 4) is 6.07 Å². The number of nitrogens with zero attached hydrogens (tertiary/aromatic N) is 1. The number of carbonyl (C=O) groups excluding carboxylic acids is 2. The first kappa shape index (κ1) is 25.1. The molecular weight excluding hydrogens is 492 g/mol. The van der Waals surface area contributed by atoms with Crippen LogP contribution in [0, 0.1) is 11.3 Å². The summed E-state index contributed by atoms with van der Waals surface area (Å²) in [5.74, 6) is -1.05. The molecule has 1 aliphatic rings. The molecule has 1 aliphatic heterocycles. The number of nitrogens with one attached hydrogen (secondary N) is 3. The molecule has 4 rings (SSSR count). The van der Waals surface area contributed by atoms with Crippen molar-refractivity contribution in [3.05, 3.63) is 117 Å². The smallest absolute Gasteiger partial charge is 0.254 e.